The molecule has 0 fully saturated rings. The highest BCUT2D eigenvalue weighted by Crippen LogP contribution is 2.33. The van der Waals surface area contributed by atoms with Crippen LogP contribution in [0.5, 0.6) is 11.5 Å². The number of rotatable bonds is 6. The minimum absolute atomic E-state index is 0.296. The Morgan fingerprint density at radius 3 is 2.62 bits per heavy atom. The quantitative estimate of drug-likeness (QED) is 0.717. The van der Waals surface area contributed by atoms with Crippen LogP contribution < -0.4 is 14.8 Å². The summed E-state index contributed by atoms with van der Waals surface area (Å²) in [5.41, 5.74) is 0.889. The Morgan fingerprint density at radius 1 is 1.29 bits per heavy atom. The van der Waals surface area contributed by atoms with Crippen LogP contribution in [-0.4, -0.2) is 25.4 Å². The van der Waals surface area contributed by atoms with Gasteiger partial charge in [0.05, 0.1) is 17.8 Å². The summed E-state index contributed by atoms with van der Waals surface area (Å²) in [4.78, 5) is 23.3. The molecule has 7 heteroatoms. The smallest absolute Gasteiger partial charge is 0.265 e. The summed E-state index contributed by atoms with van der Waals surface area (Å²) in [5, 5.41) is 3.13. The van der Waals surface area contributed by atoms with Crippen LogP contribution in [0.15, 0.2) is 40.9 Å². The highest BCUT2D eigenvalue weighted by molar-refractivity contribution is 9.10. The molecule has 0 saturated carbocycles. The first-order valence-electron chi connectivity index (χ1n) is 7.01. The number of aldehydes is 1. The third kappa shape index (κ3) is 4.27. The fraction of sp³-hybridized carbons (Fsp3) is 0.176. The van der Waals surface area contributed by atoms with Gasteiger partial charge in [0.15, 0.2) is 23.9 Å². The van der Waals surface area contributed by atoms with E-state index < -0.39 is 6.10 Å². The van der Waals surface area contributed by atoms with Gasteiger partial charge >= 0.3 is 0 Å². The van der Waals surface area contributed by atoms with Crippen molar-refractivity contribution in [1.29, 1.82) is 0 Å². The lowest BCUT2D eigenvalue weighted by Crippen LogP contribution is -2.30. The van der Waals surface area contributed by atoms with Crippen LogP contribution in [0.2, 0.25) is 5.02 Å². The number of para-hydroxylation sites is 1. The number of hydrogen-bond acceptors (Lipinski definition) is 4. The number of nitrogens with one attached hydrogen (secondary N) is 1. The third-order valence-corrected chi connectivity index (χ3v) is 4.23. The van der Waals surface area contributed by atoms with Gasteiger partial charge in [0.25, 0.3) is 5.91 Å². The summed E-state index contributed by atoms with van der Waals surface area (Å²) in [7, 11) is 1.48. The maximum absolute atomic E-state index is 12.3. The molecule has 1 amide bonds. The molecule has 1 atom stereocenters. The van der Waals surface area contributed by atoms with Crippen molar-refractivity contribution in [3.63, 3.8) is 0 Å². The van der Waals surface area contributed by atoms with Gasteiger partial charge in [0.1, 0.15) is 0 Å². The minimum Gasteiger partial charge on any atom is -0.493 e. The molecule has 1 N–H and O–H groups in total. The maximum Gasteiger partial charge on any atom is 0.265 e. The van der Waals surface area contributed by atoms with E-state index >= 15 is 0 Å². The molecule has 2 rings (SSSR count). The molecule has 0 bridgehead atoms. The topological polar surface area (TPSA) is 64.6 Å². The zero-order valence-corrected chi connectivity index (χ0v) is 15.3. The zero-order valence-electron chi connectivity index (χ0n) is 13.0. The molecule has 0 aliphatic rings. The molecular weight excluding hydrogens is 398 g/mol. The Morgan fingerprint density at radius 2 is 2.00 bits per heavy atom. The molecule has 0 saturated heterocycles. The van der Waals surface area contributed by atoms with E-state index in [-0.39, 0.29) is 5.91 Å². The summed E-state index contributed by atoms with van der Waals surface area (Å²) in [6.07, 6.45) is -0.138. The molecule has 126 valence electrons. The lowest BCUT2D eigenvalue weighted by Gasteiger charge is -2.18. The largest absolute Gasteiger partial charge is 0.493 e. The van der Waals surface area contributed by atoms with E-state index in [0.717, 1.165) is 0 Å². The molecule has 0 aromatic heterocycles. The first-order valence-corrected chi connectivity index (χ1v) is 8.18. The second-order valence-corrected chi connectivity index (χ2v) is 6.13. The number of anilines is 1. The molecule has 5 nitrogen and oxygen atoms in total. The SMILES string of the molecule is COc1cc(Br)c(C=O)cc1O[C@@H](C)C(=O)Nc1ccccc1Cl. The average Bonchev–Trinajstić information content (AvgIpc) is 2.57. The van der Waals surface area contributed by atoms with E-state index in [2.05, 4.69) is 21.2 Å². The van der Waals surface area contributed by atoms with Crippen LogP contribution in [0.25, 0.3) is 0 Å². The van der Waals surface area contributed by atoms with E-state index in [0.29, 0.717) is 38.5 Å². The number of benzene rings is 2. The number of carbonyl (C=O) groups is 2. The number of methoxy groups -OCH3 is 1. The molecule has 0 heterocycles. The molecule has 24 heavy (non-hydrogen) atoms. The van der Waals surface area contributed by atoms with Crippen molar-refractivity contribution in [2.45, 2.75) is 13.0 Å². The normalized spacial score (nSPS) is 11.5. The van der Waals surface area contributed by atoms with Gasteiger partial charge < -0.3 is 14.8 Å². The number of amides is 1. The summed E-state index contributed by atoms with van der Waals surface area (Å²) in [6, 6.07) is 10.0. The van der Waals surface area contributed by atoms with Crippen molar-refractivity contribution in [2.24, 2.45) is 0 Å². The lowest BCUT2D eigenvalue weighted by atomic mass is 10.2. The second-order valence-electron chi connectivity index (χ2n) is 4.87. The zero-order chi connectivity index (χ0) is 17.7. The van der Waals surface area contributed by atoms with Crippen LogP contribution in [0, 0.1) is 0 Å². The van der Waals surface area contributed by atoms with Crippen molar-refractivity contribution >= 4 is 45.4 Å². The molecule has 0 spiro atoms. The van der Waals surface area contributed by atoms with Crippen LogP contribution in [0.3, 0.4) is 0 Å². The summed E-state index contributed by atoms with van der Waals surface area (Å²) < 4.78 is 11.4. The van der Waals surface area contributed by atoms with E-state index in [1.807, 2.05) is 0 Å². The summed E-state index contributed by atoms with van der Waals surface area (Å²) in [5.74, 6) is 0.329. The Hall–Kier alpha value is -2.05. The van der Waals surface area contributed by atoms with Crippen molar-refractivity contribution in [3.8, 4) is 11.5 Å². The predicted octanol–water partition coefficient (Wildman–Crippen LogP) is 4.33. The van der Waals surface area contributed by atoms with Crippen molar-refractivity contribution in [3.05, 3.63) is 51.5 Å². The number of carbonyl (C=O) groups excluding carboxylic acids is 2. The average molecular weight is 413 g/mol. The molecular formula is C17H15BrClNO4. The highest BCUT2D eigenvalue weighted by atomic mass is 79.9. The van der Waals surface area contributed by atoms with Crippen LogP contribution in [0.1, 0.15) is 17.3 Å². The highest BCUT2D eigenvalue weighted by Gasteiger charge is 2.19. The molecule has 2 aromatic carbocycles. The van der Waals surface area contributed by atoms with Crippen molar-refractivity contribution < 1.29 is 19.1 Å². The number of halogens is 2. The Kier molecular flexibility index (Phi) is 6.23. The van der Waals surface area contributed by atoms with Gasteiger partial charge in [-0.15, -0.1) is 0 Å². The monoisotopic (exact) mass is 411 g/mol. The van der Waals surface area contributed by atoms with Gasteiger partial charge in [-0.05, 0) is 47.1 Å². The van der Waals surface area contributed by atoms with E-state index in [1.165, 1.54) is 13.2 Å². The van der Waals surface area contributed by atoms with Gasteiger partial charge in [-0.2, -0.15) is 0 Å². The number of hydrogen-bond donors (Lipinski definition) is 1. The maximum atomic E-state index is 12.3. The Balaban J connectivity index is 2.17. The minimum atomic E-state index is -0.823. The van der Waals surface area contributed by atoms with E-state index in [9.17, 15) is 9.59 Å². The van der Waals surface area contributed by atoms with Gasteiger partial charge in [0, 0.05) is 10.0 Å². The van der Waals surface area contributed by atoms with Gasteiger partial charge in [0.2, 0.25) is 0 Å². The van der Waals surface area contributed by atoms with Gasteiger partial charge in [-0.25, -0.2) is 0 Å². The number of ether oxygens (including phenoxy) is 2. The lowest BCUT2D eigenvalue weighted by molar-refractivity contribution is -0.122. The third-order valence-electron chi connectivity index (χ3n) is 3.21. The molecule has 0 aliphatic heterocycles. The first-order chi connectivity index (χ1) is 11.5. The predicted molar refractivity (Wildman–Crippen MR) is 96.3 cm³/mol. The summed E-state index contributed by atoms with van der Waals surface area (Å²) in [6.45, 7) is 1.59. The van der Waals surface area contributed by atoms with Crippen LogP contribution >= 0.6 is 27.5 Å². The standard InChI is InChI=1S/C17H15BrClNO4/c1-10(17(22)20-14-6-4-3-5-13(14)19)24-16-7-11(9-21)12(18)8-15(16)23-2/h3-10H,1-2H3,(H,20,22)/t10-/m0/s1. The fourth-order valence-electron chi connectivity index (χ4n) is 1.93. The molecule has 2 aromatic rings. The fourth-order valence-corrected chi connectivity index (χ4v) is 2.53. The van der Waals surface area contributed by atoms with E-state index in [1.54, 1.807) is 37.3 Å². The second kappa shape index (κ2) is 8.17. The van der Waals surface area contributed by atoms with E-state index in [4.69, 9.17) is 21.1 Å². The van der Waals surface area contributed by atoms with Gasteiger partial charge in [-0.3, -0.25) is 9.59 Å². The first kappa shape index (κ1) is 18.3. The van der Waals surface area contributed by atoms with Gasteiger partial charge in [-0.1, -0.05) is 23.7 Å². The molecule has 0 aliphatic carbocycles. The Bertz CT molecular complexity index is 766. The van der Waals surface area contributed by atoms with Crippen molar-refractivity contribution in [1.82, 2.24) is 0 Å². The summed E-state index contributed by atoms with van der Waals surface area (Å²) >= 11 is 9.29. The van der Waals surface area contributed by atoms with Crippen LogP contribution in [-0.2, 0) is 4.79 Å². The van der Waals surface area contributed by atoms with Crippen molar-refractivity contribution in [2.75, 3.05) is 12.4 Å². The molecule has 0 unspecified atom stereocenters. The van der Waals surface area contributed by atoms with Crippen LogP contribution in [0.4, 0.5) is 5.69 Å². The Labute approximate surface area is 153 Å². The molecule has 0 radical (unpaired) electrons.